The van der Waals surface area contributed by atoms with Crippen LogP contribution in [-0.2, 0) is 4.74 Å². The third kappa shape index (κ3) is 4.99. The predicted octanol–water partition coefficient (Wildman–Crippen LogP) is 2.94. The third-order valence-electron chi connectivity index (χ3n) is 1.38. The molecule has 10 heteroatoms. The number of alkyl halides is 8. The van der Waals surface area contributed by atoms with Gasteiger partial charge in [0.15, 0.2) is 0 Å². The molecule has 2 nitrogen and oxygen atoms in total. The molecule has 0 bridgehead atoms. The molecule has 0 heterocycles. The summed E-state index contributed by atoms with van der Waals surface area (Å²) in [6.45, 7) is -0.899. The van der Waals surface area contributed by atoms with Crippen molar-refractivity contribution in [2.24, 2.45) is 0 Å². The van der Waals surface area contributed by atoms with Crippen LogP contribution >= 0.6 is 22.6 Å². The second kappa shape index (κ2) is 5.21. The van der Waals surface area contributed by atoms with Gasteiger partial charge in [-0.1, -0.05) is 22.6 Å². The highest BCUT2D eigenvalue weighted by Crippen LogP contribution is 2.43. The first-order valence-electron chi connectivity index (χ1n) is 3.69. The Labute approximate surface area is 98.9 Å². The number of halogens is 8. The maximum atomic E-state index is 13.0. The first kappa shape index (κ1) is 16.2. The average Bonchev–Trinajstić information content (AvgIpc) is 1.98. The van der Waals surface area contributed by atoms with E-state index in [9.17, 15) is 30.7 Å². The van der Waals surface area contributed by atoms with Crippen LogP contribution in [0.1, 0.15) is 6.42 Å². The summed E-state index contributed by atoms with van der Waals surface area (Å²) in [5.74, 6) is -4.85. The van der Waals surface area contributed by atoms with Gasteiger partial charge in [-0.15, -0.1) is 13.2 Å². The lowest BCUT2D eigenvalue weighted by molar-refractivity contribution is -0.448. The normalized spacial score (nSPS) is 19.3. The molecule has 0 unspecified atom stereocenters. The van der Waals surface area contributed by atoms with Crippen molar-refractivity contribution in [3.63, 3.8) is 0 Å². The van der Waals surface area contributed by atoms with Gasteiger partial charge in [0.05, 0.1) is 6.61 Å². The molecule has 1 N–H and O–H groups in total. The minimum absolute atomic E-state index is 0.899. The fourth-order valence-corrected chi connectivity index (χ4v) is 1.31. The molecule has 98 valence electrons. The molecule has 16 heavy (non-hydrogen) atoms. The minimum atomic E-state index is -5.83. The predicted molar refractivity (Wildman–Crippen MR) is 46.5 cm³/mol. The fourth-order valence-electron chi connectivity index (χ4n) is 0.748. The third-order valence-corrected chi connectivity index (χ3v) is 2.22. The zero-order valence-corrected chi connectivity index (χ0v) is 9.53. The maximum Gasteiger partial charge on any atom is 0.525 e. The summed E-state index contributed by atoms with van der Waals surface area (Å²) in [5, 5.41) is 8.38. The van der Waals surface area contributed by atoms with E-state index in [1.54, 1.807) is 0 Å². The van der Waals surface area contributed by atoms with E-state index in [0.29, 0.717) is 0 Å². The molecule has 2 atom stereocenters. The Balaban J connectivity index is 4.91. The molecule has 0 aromatic carbocycles. The van der Waals surface area contributed by atoms with Crippen LogP contribution in [0.25, 0.3) is 0 Å². The molecule has 0 saturated heterocycles. The summed E-state index contributed by atoms with van der Waals surface area (Å²) in [5.41, 5.74) is 0. The van der Waals surface area contributed by atoms with Crippen LogP contribution in [0.3, 0.4) is 0 Å². The SMILES string of the molecule is OC[C@@H](I)C[C@](F)(OC(F)(F)F)C(F)(F)F. The Hall–Kier alpha value is 0.160. The lowest BCUT2D eigenvalue weighted by atomic mass is 10.1. The van der Waals surface area contributed by atoms with Crippen LogP contribution in [0.2, 0.25) is 0 Å². The monoisotopic (exact) mass is 370 g/mol. The van der Waals surface area contributed by atoms with Crippen molar-refractivity contribution in [1.82, 2.24) is 0 Å². The summed E-state index contributed by atoms with van der Waals surface area (Å²) in [6.07, 6.45) is -13.2. The Morgan fingerprint density at radius 2 is 1.50 bits per heavy atom. The van der Waals surface area contributed by atoms with Crippen LogP contribution in [0.5, 0.6) is 0 Å². The van der Waals surface area contributed by atoms with Crippen molar-refractivity contribution in [2.75, 3.05) is 6.61 Å². The second-order valence-electron chi connectivity index (χ2n) is 2.76. The number of aliphatic hydroxyl groups is 1. The van der Waals surface area contributed by atoms with Gasteiger partial charge >= 0.3 is 18.4 Å². The summed E-state index contributed by atoms with van der Waals surface area (Å²) < 4.78 is 85.1. The molecule has 0 aromatic heterocycles. The van der Waals surface area contributed by atoms with E-state index >= 15 is 0 Å². The van der Waals surface area contributed by atoms with Crippen LogP contribution in [0.4, 0.5) is 30.7 Å². The standard InChI is InChI=1S/C6H6F7IO2/c7-4(5(8,9)10,1-3(14)2-15)16-6(11,12)13/h3,15H,1-2H2/t3-,4-/m0/s1. The molecule has 0 radical (unpaired) electrons. The molecule has 0 saturated carbocycles. The molecular formula is C6H6F7IO2. The topological polar surface area (TPSA) is 29.5 Å². The van der Waals surface area contributed by atoms with Crippen LogP contribution in [0, 0.1) is 0 Å². The van der Waals surface area contributed by atoms with Gasteiger partial charge in [-0.05, 0) is 0 Å². The lowest BCUT2D eigenvalue weighted by Gasteiger charge is -2.29. The van der Waals surface area contributed by atoms with E-state index in [2.05, 4.69) is 4.74 Å². The Morgan fingerprint density at radius 1 is 1.06 bits per heavy atom. The summed E-state index contributed by atoms with van der Waals surface area (Å²) in [4.78, 5) is 0. The molecule has 0 aliphatic rings. The smallest absolute Gasteiger partial charge is 0.395 e. The highest BCUT2D eigenvalue weighted by Gasteiger charge is 2.62. The molecule has 0 rings (SSSR count). The van der Waals surface area contributed by atoms with Crippen LogP contribution in [-0.4, -0.2) is 34.0 Å². The molecule has 0 aliphatic heterocycles. The van der Waals surface area contributed by atoms with Gasteiger partial charge in [0.1, 0.15) is 0 Å². The van der Waals surface area contributed by atoms with E-state index in [1.807, 2.05) is 0 Å². The highest BCUT2D eigenvalue weighted by atomic mass is 127. The second-order valence-corrected chi connectivity index (χ2v) is 4.52. The number of hydrogen-bond acceptors (Lipinski definition) is 2. The zero-order chi connectivity index (χ0) is 13.2. The molecular weight excluding hydrogens is 364 g/mol. The van der Waals surface area contributed by atoms with Gasteiger partial charge in [0, 0.05) is 10.3 Å². The Morgan fingerprint density at radius 3 is 1.75 bits per heavy atom. The molecule has 0 fully saturated rings. The first-order chi connectivity index (χ1) is 6.91. The van der Waals surface area contributed by atoms with Crippen LogP contribution < -0.4 is 0 Å². The van der Waals surface area contributed by atoms with E-state index < -0.39 is 35.3 Å². The van der Waals surface area contributed by atoms with Crippen molar-refractivity contribution < 1.29 is 40.6 Å². The van der Waals surface area contributed by atoms with Crippen molar-refractivity contribution >= 4 is 22.6 Å². The van der Waals surface area contributed by atoms with Gasteiger partial charge in [-0.25, -0.2) is 9.13 Å². The van der Waals surface area contributed by atoms with Gasteiger partial charge in [0.2, 0.25) is 0 Å². The summed E-state index contributed by atoms with van der Waals surface area (Å²) in [7, 11) is 0. The first-order valence-corrected chi connectivity index (χ1v) is 4.93. The highest BCUT2D eigenvalue weighted by molar-refractivity contribution is 14.1. The minimum Gasteiger partial charge on any atom is -0.395 e. The largest absolute Gasteiger partial charge is 0.525 e. The van der Waals surface area contributed by atoms with Crippen molar-refractivity contribution in [1.29, 1.82) is 0 Å². The summed E-state index contributed by atoms with van der Waals surface area (Å²) in [6, 6.07) is 0. The van der Waals surface area contributed by atoms with Gasteiger partial charge < -0.3 is 5.11 Å². The van der Waals surface area contributed by atoms with E-state index in [4.69, 9.17) is 5.11 Å². The van der Waals surface area contributed by atoms with Crippen molar-refractivity contribution in [3.8, 4) is 0 Å². The van der Waals surface area contributed by atoms with Crippen molar-refractivity contribution in [3.05, 3.63) is 0 Å². The average molecular weight is 370 g/mol. The zero-order valence-electron chi connectivity index (χ0n) is 7.37. The molecule has 0 spiro atoms. The lowest BCUT2D eigenvalue weighted by Crippen LogP contribution is -2.48. The molecule has 0 aliphatic carbocycles. The quantitative estimate of drug-likeness (QED) is 0.469. The van der Waals surface area contributed by atoms with Gasteiger partial charge in [-0.2, -0.15) is 13.2 Å². The van der Waals surface area contributed by atoms with Gasteiger partial charge in [-0.3, -0.25) is 0 Å². The maximum absolute atomic E-state index is 13.0. The van der Waals surface area contributed by atoms with Crippen LogP contribution in [0.15, 0.2) is 0 Å². The Kier molecular flexibility index (Phi) is 5.26. The number of hydrogen-bond donors (Lipinski definition) is 1. The van der Waals surface area contributed by atoms with E-state index in [1.165, 1.54) is 22.6 Å². The fraction of sp³-hybridized carbons (Fsp3) is 1.00. The Bertz CT molecular complexity index is 228. The van der Waals surface area contributed by atoms with Gasteiger partial charge in [0.25, 0.3) is 0 Å². The molecule has 0 amide bonds. The van der Waals surface area contributed by atoms with Crippen molar-refractivity contribution in [2.45, 2.75) is 28.7 Å². The van der Waals surface area contributed by atoms with E-state index in [0.717, 1.165) is 0 Å². The molecule has 0 aromatic rings. The van der Waals surface area contributed by atoms with E-state index in [-0.39, 0.29) is 0 Å². The number of aliphatic hydroxyl groups excluding tert-OH is 1. The summed E-state index contributed by atoms with van der Waals surface area (Å²) >= 11 is 1.18. The number of rotatable bonds is 4. The number of ether oxygens (including phenoxy) is 1.